The van der Waals surface area contributed by atoms with E-state index < -0.39 is 0 Å². The van der Waals surface area contributed by atoms with Gasteiger partial charge in [-0.05, 0) is 66.0 Å². The second-order valence-corrected chi connectivity index (χ2v) is 5.07. The van der Waals surface area contributed by atoms with Gasteiger partial charge in [-0.2, -0.15) is 0 Å². The Morgan fingerprint density at radius 1 is 1.00 bits per heavy atom. The van der Waals surface area contributed by atoms with E-state index in [1.165, 1.54) is 0 Å². The van der Waals surface area contributed by atoms with Crippen LogP contribution in [-0.2, 0) is 0 Å². The Bertz CT molecular complexity index is 576. The molecule has 0 aliphatic carbocycles. The molecule has 0 aliphatic rings. The van der Waals surface area contributed by atoms with Crippen molar-refractivity contribution in [3.8, 4) is 17.0 Å². The van der Waals surface area contributed by atoms with Gasteiger partial charge < -0.3 is 4.74 Å². The zero-order valence-electron chi connectivity index (χ0n) is 10.9. The van der Waals surface area contributed by atoms with Crippen LogP contribution >= 0.6 is 15.9 Å². The van der Waals surface area contributed by atoms with E-state index in [9.17, 15) is 0 Å². The summed E-state index contributed by atoms with van der Waals surface area (Å²) in [5, 5.41) is 0. The smallest absolute Gasteiger partial charge is 0.127 e. The molecule has 18 heavy (non-hydrogen) atoms. The fraction of sp³-hybridized carbons (Fsp3) is 0.286. The van der Waals surface area contributed by atoms with Gasteiger partial charge in [0.15, 0.2) is 0 Å². The molecule has 3 nitrogen and oxygen atoms in total. The third kappa shape index (κ3) is 2.53. The van der Waals surface area contributed by atoms with Crippen LogP contribution in [0.3, 0.4) is 0 Å². The summed E-state index contributed by atoms with van der Waals surface area (Å²) in [5.74, 6) is 1.66. The normalized spacial score (nSPS) is 10.5. The molecule has 0 atom stereocenters. The molecule has 0 saturated heterocycles. The number of methoxy groups -OCH3 is 1. The first-order valence-electron chi connectivity index (χ1n) is 5.68. The lowest BCUT2D eigenvalue weighted by molar-refractivity contribution is 0.411. The summed E-state index contributed by atoms with van der Waals surface area (Å²) in [6.07, 6.45) is 0. The van der Waals surface area contributed by atoms with Gasteiger partial charge in [0.05, 0.1) is 12.8 Å². The first-order valence-corrected chi connectivity index (χ1v) is 6.47. The summed E-state index contributed by atoms with van der Waals surface area (Å²) in [6, 6.07) is 6.07. The van der Waals surface area contributed by atoms with Crippen LogP contribution in [0, 0.1) is 20.8 Å². The number of ether oxygens (including phenoxy) is 1. The number of aromatic nitrogens is 2. The third-order valence-electron chi connectivity index (χ3n) is 2.82. The van der Waals surface area contributed by atoms with Crippen LogP contribution in [0.25, 0.3) is 11.3 Å². The molecule has 2 rings (SSSR count). The first-order chi connectivity index (χ1) is 8.51. The number of hydrogen-bond acceptors (Lipinski definition) is 3. The molecule has 0 unspecified atom stereocenters. The van der Waals surface area contributed by atoms with Crippen LogP contribution in [0.5, 0.6) is 5.75 Å². The maximum absolute atomic E-state index is 5.32. The minimum atomic E-state index is 0.757. The van der Waals surface area contributed by atoms with Crippen molar-refractivity contribution in [3.05, 3.63) is 39.8 Å². The molecule has 2 aromatic rings. The molecule has 1 heterocycles. The number of rotatable bonds is 2. The lowest BCUT2D eigenvalue weighted by Crippen LogP contribution is -1.96. The van der Waals surface area contributed by atoms with Crippen LogP contribution in [0.4, 0.5) is 0 Å². The van der Waals surface area contributed by atoms with E-state index >= 15 is 0 Å². The predicted molar refractivity (Wildman–Crippen MR) is 75.9 cm³/mol. The molecule has 0 saturated carbocycles. The topological polar surface area (TPSA) is 35.0 Å². The average molecular weight is 307 g/mol. The van der Waals surface area contributed by atoms with Gasteiger partial charge in [-0.25, -0.2) is 9.97 Å². The van der Waals surface area contributed by atoms with E-state index in [4.69, 9.17) is 4.74 Å². The maximum Gasteiger partial charge on any atom is 0.127 e. The van der Waals surface area contributed by atoms with Crippen LogP contribution < -0.4 is 4.74 Å². The monoisotopic (exact) mass is 306 g/mol. The minimum absolute atomic E-state index is 0.757. The van der Waals surface area contributed by atoms with Gasteiger partial charge in [0.1, 0.15) is 16.2 Å². The molecule has 1 aromatic heterocycles. The van der Waals surface area contributed by atoms with E-state index in [-0.39, 0.29) is 0 Å². The fourth-order valence-corrected chi connectivity index (χ4v) is 2.43. The van der Waals surface area contributed by atoms with Crippen molar-refractivity contribution < 1.29 is 4.74 Å². The summed E-state index contributed by atoms with van der Waals surface area (Å²) in [4.78, 5) is 8.71. The molecule has 0 spiro atoms. The number of halogens is 1. The van der Waals surface area contributed by atoms with Gasteiger partial charge in [-0.3, -0.25) is 0 Å². The fourth-order valence-electron chi connectivity index (χ4n) is 1.95. The molecule has 0 radical (unpaired) electrons. The van der Waals surface area contributed by atoms with Gasteiger partial charge in [0, 0.05) is 5.56 Å². The Hall–Kier alpha value is -1.42. The Balaban J connectivity index is 2.60. The van der Waals surface area contributed by atoms with Crippen molar-refractivity contribution >= 4 is 15.9 Å². The van der Waals surface area contributed by atoms with E-state index in [0.29, 0.717) is 0 Å². The number of nitrogens with zero attached hydrogens (tertiary/aromatic N) is 2. The molecular formula is C14H15BrN2O. The second-order valence-electron chi connectivity index (χ2n) is 4.26. The summed E-state index contributed by atoms with van der Waals surface area (Å²) in [7, 11) is 1.69. The molecule has 0 bridgehead atoms. The average Bonchev–Trinajstić information content (AvgIpc) is 2.30. The molecular weight excluding hydrogens is 292 g/mol. The van der Waals surface area contributed by atoms with Gasteiger partial charge in [0.25, 0.3) is 0 Å². The van der Waals surface area contributed by atoms with E-state index in [2.05, 4.69) is 38.9 Å². The highest BCUT2D eigenvalue weighted by molar-refractivity contribution is 9.10. The number of hydrogen-bond donors (Lipinski definition) is 0. The Morgan fingerprint density at radius 2 is 1.72 bits per heavy atom. The van der Waals surface area contributed by atoms with Crippen molar-refractivity contribution in [2.24, 2.45) is 0 Å². The van der Waals surface area contributed by atoms with Crippen LogP contribution in [0.15, 0.2) is 22.8 Å². The van der Waals surface area contributed by atoms with E-state index in [1.807, 2.05) is 26.0 Å². The molecule has 1 aromatic carbocycles. The van der Waals surface area contributed by atoms with Crippen molar-refractivity contribution in [3.63, 3.8) is 0 Å². The quantitative estimate of drug-likeness (QED) is 0.791. The highest BCUT2D eigenvalue weighted by Crippen LogP contribution is 2.29. The van der Waals surface area contributed by atoms with E-state index in [0.717, 1.165) is 38.6 Å². The Morgan fingerprint density at radius 3 is 2.33 bits per heavy atom. The second kappa shape index (κ2) is 5.06. The van der Waals surface area contributed by atoms with Crippen molar-refractivity contribution in [2.75, 3.05) is 7.11 Å². The van der Waals surface area contributed by atoms with Crippen LogP contribution in [-0.4, -0.2) is 17.1 Å². The van der Waals surface area contributed by atoms with Gasteiger partial charge in [0.2, 0.25) is 0 Å². The number of benzene rings is 1. The maximum atomic E-state index is 5.32. The predicted octanol–water partition coefficient (Wildman–Crippen LogP) is 3.84. The number of aryl methyl sites for hydroxylation is 3. The van der Waals surface area contributed by atoms with Gasteiger partial charge >= 0.3 is 0 Å². The molecule has 0 fully saturated rings. The Kier molecular flexibility index (Phi) is 3.66. The SMILES string of the molecule is COc1cc(C)c(-c2cc(Br)nc(C)n2)cc1C. The summed E-state index contributed by atoms with van der Waals surface area (Å²) >= 11 is 3.41. The molecule has 0 aliphatic heterocycles. The lowest BCUT2D eigenvalue weighted by Gasteiger charge is -2.11. The van der Waals surface area contributed by atoms with Crippen LogP contribution in [0.2, 0.25) is 0 Å². The standard InChI is InChI=1S/C14H15BrN2O/c1-8-6-13(18-4)9(2)5-11(8)12-7-14(15)17-10(3)16-12/h5-7H,1-4H3. The first kappa shape index (κ1) is 13.0. The molecule has 0 amide bonds. The lowest BCUT2D eigenvalue weighted by atomic mass is 10.0. The van der Waals surface area contributed by atoms with Crippen molar-refractivity contribution in [2.45, 2.75) is 20.8 Å². The van der Waals surface area contributed by atoms with Crippen LogP contribution in [0.1, 0.15) is 17.0 Å². The van der Waals surface area contributed by atoms with Gasteiger partial charge in [-0.15, -0.1) is 0 Å². The molecule has 0 N–H and O–H groups in total. The summed E-state index contributed by atoms with van der Waals surface area (Å²) in [5.41, 5.74) is 4.28. The zero-order chi connectivity index (χ0) is 13.3. The van der Waals surface area contributed by atoms with E-state index in [1.54, 1.807) is 7.11 Å². The molecule has 94 valence electrons. The van der Waals surface area contributed by atoms with Gasteiger partial charge in [-0.1, -0.05) is 0 Å². The third-order valence-corrected chi connectivity index (χ3v) is 3.23. The minimum Gasteiger partial charge on any atom is -0.496 e. The molecule has 4 heteroatoms. The highest BCUT2D eigenvalue weighted by atomic mass is 79.9. The zero-order valence-corrected chi connectivity index (χ0v) is 12.5. The summed E-state index contributed by atoms with van der Waals surface area (Å²) < 4.78 is 6.13. The Labute approximate surface area is 115 Å². The van der Waals surface area contributed by atoms with Crippen molar-refractivity contribution in [1.82, 2.24) is 9.97 Å². The highest BCUT2D eigenvalue weighted by Gasteiger charge is 2.09. The summed E-state index contributed by atoms with van der Waals surface area (Å²) in [6.45, 7) is 5.98. The largest absolute Gasteiger partial charge is 0.496 e. The van der Waals surface area contributed by atoms with Crippen molar-refractivity contribution in [1.29, 1.82) is 0 Å².